The second-order valence-corrected chi connectivity index (χ2v) is 16.9. The minimum atomic E-state index is -2.29. The number of carbonyl (C=O) groups excluding carboxylic acids is 3. The van der Waals surface area contributed by atoms with E-state index in [0.717, 1.165) is 13.8 Å². The van der Waals surface area contributed by atoms with Gasteiger partial charge in [0.1, 0.15) is 122 Å². The number of aliphatic hydroxyl groups is 15. The van der Waals surface area contributed by atoms with Crippen molar-refractivity contribution in [1.82, 2.24) is 16.0 Å². The molecule has 5 aliphatic heterocycles. The summed E-state index contributed by atoms with van der Waals surface area (Å²) in [6.45, 7) is -3.86. The molecule has 69 heavy (non-hydrogen) atoms. The highest BCUT2D eigenvalue weighted by atomic mass is 16.8. The third-order valence-electron chi connectivity index (χ3n) is 12.1. The highest BCUT2D eigenvalue weighted by Crippen LogP contribution is 2.37. The molecule has 26 atom stereocenters. The highest BCUT2D eigenvalue weighted by molar-refractivity contribution is 5.73. The van der Waals surface area contributed by atoms with Gasteiger partial charge < -0.3 is 140 Å². The Morgan fingerprint density at radius 2 is 0.855 bits per heavy atom. The van der Waals surface area contributed by atoms with E-state index in [4.69, 9.17) is 47.4 Å². The summed E-state index contributed by atoms with van der Waals surface area (Å²) in [4.78, 5) is 35.3. The van der Waals surface area contributed by atoms with E-state index >= 15 is 0 Å². The van der Waals surface area contributed by atoms with Crippen LogP contribution in [0.15, 0.2) is 0 Å². The van der Waals surface area contributed by atoms with Crippen LogP contribution in [0.25, 0.3) is 0 Å². The minimum absolute atomic E-state index is 0.271. The monoisotopic (exact) mass is 1010 g/mol. The van der Waals surface area contributed by atoms with Gasteiger partial charge in [-0.15, -0.1) is 0 Å². The van der Waals surface area contributed by atoms with Crippen molar-refractivity contribution >= 4 is 18.2 Å². The SMILES string of the molecule is CC(=O)N[C@H]1[C@H](O[C@@H]2[C@H](O[C@H]3O[C@H](CO)[C@H](O)[C@H](O[C@@H]4O[C@H](CO)[C@@H](O)[C@H](O)[C@H]4NC(C)=O)[C@H]3O)[C@@H](O)[C@H](O[C@H]3[C@H](O)[C@@H](O)[C@H](OC[C@@H](CO)NC=O)O[C@@H]3CO)O[C@@H]2CO)O[C@H](CO)[C@H](O)[C@@H]1O. The van der Waals surface area contributed by atoms with Gasteiger partial charge in [0.05, 0.1) is 52.3 Å². The zero-order valence-corrected chi connectivity index (χ0v) is 37.1. The number of rotatable bonds is 21. The standard InChI is InChI=1S/C38H65N3O28/c1-11(49)40-19-24(54)21(51)14(4-43)61-34(19)67-31-18(8-47)65-38(66-30-17(7-46)64-36(27(57)26(30)56)60-9-13(3-42)39-10-48)29(59)33(31)69-37-28(58)32(23(53)16(6-45)63-37)68-35-20(41-12(2)50)25(55)22(52)15(5-44)62-35/h10,13-38,42-47,51-59H,3-9H2,1-2H3,(H,39,48)(H,40,49)(H,41,50)/t13-,14-,15-,16-,17-,18-,19-,20-,21+,22-,23+,24-,25-,26-,27-,28-,29-,30-,31+,32+,33-,34+,35+,36-,37-,38+/m1/s1. The van der Waals surface area contributed by atoms with Crippen molar-refractivity contribution in [2.24, 2.45) is 0 Å². The van der Waals surface area contributed by atoms with Crippen LogP contribution in [0.5, 0.6) is 0 Å². The molecule has 5 fully saturated rings. The first kappa shape index (κ1) is 57.3. The van der Waals surface area contributed by atoms with Crippen LogP contribution >= 0.6 is 0 Å². The lowest BCUT2D eigenvalue weighted by atomic mass is 9.94. The molecular weight excluding hydrogens is 946 g/mol. The Morgan fingerprint density at radius 3 is 1.32 bits per heavy atom. The first-order valence-electron chi connectivity index (χ1n) is 21.8. The van der Waals surface area contributed by atoms with Crippen molar-refractivity contribution in [2.45, 2.75) is 173 Å². The van der Waals surface area contributed by atoms with E-state index in [1.807, 2.05) is 0 Å². The van der Waals surface area contributed by atoms with Gasteiger partial charge in [0.2, 0.25) is 18.2 Å². The maximum Gasteiger partial charge on any atom is 0.217 e. The summed E-state index contributed by atoms with van der Waals surface area (Å²) in [6.07, 6.45) is -43.5. The van der Waals surface area contributed by atoms with E-state index in [-0.39, 0.29) is 6.41 Å². The maximum absolute atomic E-state index is 12.3. The van der Waals surface area contributed by atoms with Crippen molar-refractivity contribution in [3.63, 3.8) is 0 Å². The second kappa shape index (κ2) is 25.9. The average molecular weight is 1010 g/mol. The van der Waals surface area contributed by atoms with Crippen molar-refractivity contribution < 1.29 is 138 Å². The number of nitrogens with one attached hydrogen (secondary N) is 3. The van der Waals surface area contributed by atoms with Gasteiger partial charge >= 0.3 is 0 Å². The quantitative estimate of drug-likeness (QED) is 0.0475. The number of carbonyl (C=O) groups is 3. The Hall–Kier alpha value is -2.59. The van der Waals surface area contributed by atoms with E-state index < -0.39 is 218 Å². The largest absolute Gasteiger partial charge is 0.394 e. The summed E-state index contributed by atoms with van der Waals surface area (Å²) in [6, 6.07) is -4.25. The van der Waals surface area contributed by atoms with Gasteiger partial charge in [0.25, 0.3) is 0 Å². The van der Waals surface area contributed by atoms with Crippen LogP contribution in [0.2, 0.25) is 0 Å². The predicted octanol–water partition coefficient (Wildman–Crippen LogP) is -12.5. The molecule has 31 nitrogen and oxygen atoms in total. The van der Waals surface area contributed by atoms with Crippen LogP contribution < -0.4 is 16.0 Å². The lowest BCUT2D eigenvalue weighted by molar-refractivity contribution is -0.400. The van der Waals surface area contributed by atoms with E-state index in [1.165, 1.54) is 0 Å². The molecule has 0 aliphatic carbocycles. The fraction of sp³-hybridized carbons (Fsp3) is 0.921. The second-order valence-electron chi connectivity index (χ2n) is 16.9. The molecule has 0 aromatic rings. The Labute approximate surface area is 391 Å². The van der Waals surface area contributed by atoms with Gasteiger partial charge in [-0.1, -0.05) is 0 Å². The van der Waals surface area contributed by atoms with Crippen LogP contribution in [-0.4, -0.2) is 301 Å². The summed E-state index contributed by atoms with van der Waals surface area (Å²) in [5.41, 5.74) is 0. The molecule has 0 bridgehead atoms. The summed E-state index contributed by atoms with van der Waals surface area (Å²) >= 11 is 0. The van der Waals surface area contributed by atoms with Gasteiger partial charge in [-0.2, -0.15) is 0 Å². The molecule has 5 saturated heterocycles. The first-order chi connectivity index (χ1) is 32.8. The third kappa shape index (κ3) is 13.2. The lowest BCUT2D eigenvalue weighted by Crippen LogP contribution is -2.70. The fourth-order valence-electron chi connectivity index (χ4n) is 8.41. The molecule has 18 N–H and O–H groups in total. The Balaban J connectivity index is 1.49. The molecular formula is C38H65N3O28. The van der Waals surface area contributed by atoms with Gasteiger partial charge in [-0.3, -0.25) is 14.4 Å². The molecule has 0 saturated carbocycles. The lowest BCUT2D eigenvalue weighted by Gasteiger charge is -2.51. The predicted molar refractivity (Wildman–Crippen MR) is 214 cm³/mol. The first-order valence-corrected chi connectivity index (χ1v) is 21.8. The van der Waals surface area contributed by atoms with E-state index in [9.17, 15) is 91.0 Å². The Kier molecular flexibility index (Phi) is 21.5. The van der Waals surface area contributed by atoms with Crippen LogP contribution in [0.3, 0.4) is 0 Å². The van der Waals surface area contributed by atoms with E-state index in [2.05, 4.69) is 16.0 Å². The summed E-state index contributed by atoms with van der Waals surface area (Å²) in [7, 11) is 0. The van der Waals surface area contributed by atoms with Gasteiger partial charge in [0.15, 0.2) is 31.5 Å². The molecule has 5 aliphatic rings. The molecule has 0 spiro atoms. The molecule has 0 aromatic carbocycles. The van der Waals surface area contributed by atoms with Crippen LogP contribution in [0, 0.1) is 0 Å². The topological polar surface area (TPSA) is 483 Å². The zero-order chi connectivity index (χ0) is 51.0. The van der Waals surface area contributed by atoms with Crippen LogP contribution in [-0.2, 0) is 61.8 Å². The molecule has 3 amide bonds. The fourth-order valence-corrected chi connectivity index (χ4v) is 8.41. The van der Waals surface area contributed by atoms with Crippen molar-refractivity contribution in [1.29, 1.82) is 0 Å². The average Bonchev–Trinajstić information content (AvgIpc) is 3.32. The number of hydrogen-bond donors (Lipinski definition) is 18. The van der Waals surface area contributed by atoms with Gasteiger partial charge in [0, 0.05) is 13.8 Å². The normalized spacial score (nSPS) is 45.6. The molecule has 400 valence electrons. The summed E-state index contributed by atoms with van der Waals surface area (Å²) in [5.74, 6) is -1.55. The minimum Gasteiger partial charge on any atom is -0.394 e. The molecule has 31 heteroatoms. The summed E-state index contributed by atoms with van der Waals surface area (Å²) < 4.78 is 57.9. The summed E-state index contributed by atoms with van der Waals surface area (Å²) in [5, 5.41) is 168. The number of hydrogen-bond acceptors (Lipinski definition) is 28. The van der Waals surface area contributed by atoms with Crippen molar-refractivity contribution in [2.75, 3.05) is 46.2 Å². The zero-order valence-electron chi connectivity index (χ0n) is 37.1. The number of ether oxygens (including phenoxy) is 10. The molecule has 5 heterocycles. The smallest absolute Gasteiger partial charge is 0.217 e. The van der Waals surface area contributed by atoms with Gasteiger partial charge in [-0.25, -0.2) is 0 Å². The van der Waals surface area contributed by atoms with Crippen LogP contribution in [0.4, 0.5) is 0 Å². The molecule has 5 rings (SSSR count). The Morgan fingerprint density at radius 1 is 0.464 bits per heavy atom. The third-order valence-corrected chi connectivity index (χ3v) is 12.1. The van der Waals surface area contributed by atoms with E-state index in [1.54, 1.807) is 0 Å². The van der Waals surface area contributed by atoms with Crippen molar-refractivity contribution in [3.8, 4) is 0 Å². The Bertz CT molecular complexity index is 1610. The van der Waals surface area contributed by atoms with Crippen molar-refractivity contribution in [3.05, 3.63) is 0 Å². The number of aliphatic hydroxyl groups excluding tert-OH is 15. The molecule has 0 radical (unpaired) electrons. The molecule has 0 aromatic heterocycles. The van der Waals surface area contributed by atoms with Gasteiger partial charge in [-0.05, 0) is 0 Å². The maximum atomic E-state index is 12.3. The highest BCUT2D eigenvalue weighted by Gasteiger charge is 2.58. The number of amides is 3. The van der Waals surface area contributed by atoms with E-state index in [0.29, 0.717) is 0 Å². The van der Waals surface area contributed by atoms with Crippen LogP contribution in [0.1, 0.15) is 13.8 Å². The molecule has 0 unspecified atom stereocenters.